The zero-order valence-electron chi connectivity index (χ0n) is 22.1. The molecule has 0 bridgehead atoms. The molecule has 8 heteroatoms. The summed E-state index contributed by atoms with van der Waals surface area (Å²) < 4.78 is 12.0. The number of hydrogen-bond donors (Lipinski definition) is 2. The maximum Gasteiger partial charge on any atom is 0.313 e. The lowest BCUT2D eigenvalue weighted by molar-refractivity contribution is -0.142. The average molecular weight is 518 g/mol. The molecule has 8 nitrogen and oxygen atoms in total. The van der Waals surface area contributed by atoms with E-state index in [1.54, 1.807) is 44.2 Å². The molecule has 1 aromatic heterocycles. The van der Waals surface area contributed by atoms with Crippen molar-refractivity contribution in [1.82, 2.24) is 4.98 Å². The molecule has 3 aromatic rings. The van der Waals surface area contributed by atoms with E-state index in [4.69, 9.17) is 9.47 Å². The van der Waals surface area contributed by atoms with Crippen LogP contribution in [0.1, 0.15) is 44.7 Å². The Labute approximate surface area is 223 Å². The summed E-state index contributed by atoms with van der Waals surface area (Å²) in [7, 11) is 0. The fourth-order valence-corrected chi connectivity index (χ4v) is 4.45. The van der Waals surface area contributed by atoms with Gasteiger partial charge in [0.25, 0.3) is 0 Å². The van der Waals surface area contributed by atoms with Crippen molar-refractivity contribution in [1.29, 1.82) is 0 Å². The first-order valence-electron chi connectivity index (χ1n) is 13.0. The number of benzene rings is 2. The molecule has 0 radical (unpaired) electrons. The summed E-state index contributed by atoms with van der Waals surface area (Å²) in [6.45, 7) is 7.39. The number of piperidine rings is 1. The molecule has 1 fully saturated rings. The van der Waals surface area contributed by atoms with E-state index in [1.807, 2.05) is 43.3 Å². The third-order valence-corrected chi connectivity index (χ3v) is 6.72. The van der Waals surface area contributed by atoms with Crippen LogP contribution in [0.25, 0.3) is 0 Å². The molecule has 200 valence electrons. The Hall–Kier alpha value is -4.07. The minimum atomic E-state index is -0.990. The van der Waals surface area contributed by atoms with E-state index in [0.29, 0.717) is 24.5 Å². The number of pyridine rings is 1. The van der Waals surface area contributed by atoms with Gasteiger partial charge >= 0.3 is 5.97 Å². The molecule has 2 N–H and O–H groups in total. The number of carboxylic acid groups (broad SMARTS) is 1. The number of ether oxygens (including phenoxy) is 2. The highest BCUT2D eigenvalue weighted by Gasteiger charge is 2.29. The molecule has 38 heavy (non-hydrogen) atoms. The van der Waals surface area contributed by atoms with Gasteiger partial charge in [-0.05, 0) is 69.0 Å². The van der Waals surface area contributed by atoms with Crippen LogP contribution >= 0.6 is 0 Å². The van der Waals surface area contributed by atoms with Crippen LogP contribution in [0.2, 0.25) is 0 Å². The molecule has 0 aliphatic carbocycles. The Morgan fingerprint density at radius 1 is 1.05 bits per heavy atom. The van der Waals surface area contributed by atoms with E-state index < -0.39 is 11.4 Å². The van der Waals surface area contributed by atoms with Crippen LogP contribution < -0.4 is 19.7 Å². The predicted molar refractivity (Wildman–Crippen MR) is 147 cm³/mol. The van der Waals surface area contributed by atoms with Crippen molar-refractivity contribution in [3.8, 4) is 11.5 Å². The molecule has 2 heterocycles. The highest BCUT2D eigenvalue weighted by molar-refractivity contribution is 5.91. The smallest absolute Gasteiger partial charge is 0.313 e. The molecule has 1 atom stereocenters. The molecule has 0 spiro atoms. The van der Waals surface area contributed by atoms with E-state index in [9.17, 15) is 14.7 Å². The number of para-hydroxylation sites is 2. The number of anilines is 2. The Kier molecular flexibility index (Phi) is 8.51. The lowest BCUT2D eigenvalue weighted by atomic mass is 9.84. The zero-order valence-corrected chi connectivity index (χ0v) is 22.1. The van der Waals surface area contributed by atoms with Crippen molar-refractivity contribution < 1.29 is 24.2 Å². The fraction of sp³-hybridized carbons (Fsp3) is 0.367. The van der Waals surface area contributed by atoms with Gasteiger partial charge in [-0.3, -0.25) is 9.59 Å². The van der Waals surface area contributed by atoms with Crippen molar-refractivity contribution in [3.63, 3.8) is 0 Å². The molecule has 1 aliphatic heterocycles. The lowest BCUT2D eigenvalue weighted by Crippen LogP contribution is -2.41. The van der Waals surface area contributed by atoms with E-state index in [1.165, 1.54) is 0 Å². The normalized spacial score (nSPS) is 15.6. The molecule has 1 unspecified atom stereocenters. The number of carbonyl (C=O) groups is 2. The number of nitrogens with one attached hydrogen (secondary N) is 1. The lowest BCUT2D eigenvalue weighted by Gasteiger charge is -2.34. The number of rotatable bonds is 10. The van der Waals surface area contributed by atoms with E-state index in [2.05, 4.69) is 15.2 Å². The highest BCUT2D eigenvalue weighted by Crippen LogP contribution is 2.30. The molecule has 1 saturated heterocycles. The van der Waals surface area contributed by atoms with Gasteiger partial charge in [0.05, 0.1) is 25.0 Å². The van der Waals surface area contributed by atoms with Gasteiger partial charge in [-0.2, -0.15) is 0 Å². The zero-order chi connectivity index (χ0) is 27.1. The second-order valence-corrected chi connectivity index (χ2v) is 9.94. The van der Waals surface area contributed by atoms with Gasteiger partial charge in [-0.25, -0.2) is 4.98 Å². The Bertz CT molecular complexity index is 1260. The van der Waals surface area contributed by atoms with Crippen LogP contribution in [0, 0.1) is 0 Å². The van der Waals surface area contributed by atoms with Crippen molar-refractivity contribution in [3.05, 3.63) is 77.9 Å². The monoisotopic (exact) mass is 517 g/mol. The molecule has 0 saturated carbocycles. The summed E-state index contributed by atoms with van der Waals surface area (Å²) in [5, 5.41) is 12.3. The van der Waals surface area contributed by atoms with Crippen LogP contribution in [0.3, 0.4) is 0 Å². The molecule has 1 aliphatic rings. The van der Waals surface area contributed by atoms with Gasteiger partial charge in [-0.1, -0.05) is 42.5 Å². The maximum absolute atomic E-state index is 12.7. The second-order valence-electron chi connectivity index (χ2n) is 9.94. The summed E-state index contributed by atoms with van der Waals surface area (Å²) in [6.07, 6.45) is 2.07. The Morgan fingerprint density at radius 3 is 2.50 bits per heavy atom. The summed E-state index contributed by atoms with van der Waals surface area (Å²) in [6, 6.07) is 20.4. The van der Waals surface area contributed by atoms with Crippen molar-refractivity contribution in [2.75, 3.05) is 29.9 Å². The van der Waals surface area contributed by atoms with Gasteiger partial charge in [0, 0.05) is 6.54 Å². The fourth-order valence-electron chi connectivity index (χ4n) is 4.45. The van der Waals surface area contributed by atoms with E-state index >= 15 is 0 Å². The van der Waals surface area contributed by atoms with Crippen molar-refractivity contribution >= 4 is 23.5 Å². The largest absolute Gasteiger partial charge is 0.490 e. The summed E-state index contributed by atoms with van der Waals surface area (Å²) in [4.78, 5) is 31.0. The quantitative estimate of drug-likeness (QED) is 0.387. The summed E-state index contributed by atoms with van der Waals surface area (Å²) in [5.74, 6) is 1.68. The minimum absolute atomic E-state index is 0.000482. The van der Waals surface area contributed by atoms with Gasteiger partial charge < -0.3 is 24.8 Å². The maximum atomic E-state index is 12.7. The first-order chi connectivity index (χ1) is 18.3. The van der Waals surface area contributed by atoms with Crippen molar-refractivity contribution in [2.45, 2.75) is 51.6 Å². The van der Waals surface area contributed by atoms with Crippen LogP contribution in [0.5, 0.6) is 11.5 Å². The topological polar surface area (TPSA) is 101 Å². The van der Waals surface area contributed by atoms with Crippen molar-refractivity contribution in [2.24, 2.45) is 0 Å². The summed E-state index contributed by atoms with van der Waals surface area (Å²) >= 11 is 0. The second kappa shape index (κ2) is 12.0. The standard InChI is InChI=1S/C30H35N3O5/c1-4-37-24-10-5-6-11-25(24)38-23-9-8-18-33(20-23)27-13-7-12-26(31-27)32-28(34)19-21-14-16-22(17-15-21)30(2,3)29(35)36/h5-7,10-17,23H,4,8-9,18-20H2,1-3H3,(H,35,36)(H,31,32,34). The van der Waals surface area contributed by atoms with Crippen LogP contribution in [-0.4, -0.2) is 47.8 Å². The van der Waals surface area contributed by atoms with Gasteiger partial charge in [0.2, 0.25) is 5.91 Å². The number of nitrogens with zero attached hydrogens (tertiary/aromatic N) is 2. The third-order valence-electron chi connectivity index (χ3n) is 6.72. The van der Waals surface area contributed by atoms with Gasteiger partial charge in [0.1, 0.15) is 17.7 Å². The third kappa shape index (κ3) is 6.62. The van der Waals surface area contributed by atoms with Gasteiger partial charge in [0.15, 0.2) is 11.5 Å². The Balaban J connectivity index is 1.36. The molecule has 4 rings (SSSR count). The number of aromatic nitrogens is 1. The Morgan fingerprint density at radius 2 is 1.79 bits per heavy atom. The molecular formula is C30H35N3O5. The first kappa shape index (κ1) is 27.0. The SMILES string of the molecule is CCOc1ccccc1OC1CCCN(c2cccc(NC(=O)Cc3ccc(C(C)(C)C(=O)O)cc3)n2)C1. The van der Waals surface area contributed by atoms with Crippen LogP contribution in [0.4, 0.5) is 11.6 Å². The minimum Gasteiger partial charge on any atom is -0.490 e. The number of hydrogen-bond acceptors (Lipinski definition) is 6. The van der Waals surface area contributed by atoms with E-state index in [-0.39, 0.29) is 18.4 Å². The molecular weight excluding hydrogens is 482 g/mol. The van der Waals surface area contributed by atoms with E-state index in [0.717, 1.165) is 42.3 Å². The molecule has 1 amide bonds. The van der Waals surface area contributed by atoms with Gasteiger partial charge in [-0.15, -0.1) is 0 Å². The number of carboxylic acids is 1. The number of aliphatic carboxylic acids is 1. The van der Waals surface area contributed by atoms with Crippen LogP contribution in [0.15, 0.2) is 66.7 Å². The summed E-state index contributed by atoms with van der Waals surface area (Å²) in [5.41, 5.74) is 0.497. The highest BCUT2D eigenvalue weighted by atomic mass is 16.5. The number of carbonyl (C=O) groups excluding carboxylic acids is 1. The van der Waals surface area contributed by atoms with Crippen LogP contribution in [-0.2, 0) is 21.4 Å². The molecule has 2 aromatic carbocycles. The number of amides is 1. The first-order valence-corrected chi connectivity index (χ1v) is 13.0. The average Bonchev–Trinajstić information content (AvgIpc) is 2.90. The predicted octanol–water partition coefficient (Wildman–Crippen LogP) is 5.07.